The van der Waals surface area contributed by atoms with Crippen molar-refractivity contribution in [2.45, 2.75) is 19.8 Å². The van der Waals surface area contributed by atoms with Crippen LogP contribution in [0.25, 0.3) is 0 Å². The summed E-state index contributed by atoms with van der Waals surface area (Å²) >= 11 is 4.22. The molecule has 2 aromatic rings. The summed E-state index contributed by atoms with van der Waals surface area (Å²) in [6, 6.07) is 16.2. The van der Waals surface area contributed by atoms with Crippen molar-refractivity contribution in [3.05, 3.63) is 59.7 Å². The van der Waals surface area contributed by atoms with Gasteiger partial charge < -0.3 is 0 Å². The summed E-state index contributed by atoms with van der Waals surface area (Å²) in [4.78, 5) is 0. The minimum absolute atomic E-state index is 0.879. The highest BCUT2D eigenvalue weighted by Gasteiger charge is 1.94. The topological polar surface area (TPSA) is 24.7 Å². The van der Waals surface area contributed by atoms with E-state index >= 15 is 0 Å². The first kappa shape index (κ1) is 13.8. The highest BCUT2D eigenvalue weighted by Crippen LogP contribution is 2.19. The first-order valence-corrected chi connectivity index (χ1v) is 7.09. The minimum atomic E-state index is 0.879. The van der Waals surface area contributed by atoms with E-state index in [1.165, 1.54) is 11.1 Å². The van der Waals surface area contributed by atoms with Crippen LogP contribution in [0.15, 0.2) is 58.8 Å². The quantitative estimate of drug-likeness (QED) is 0.565. The van der Waals surface area contributed by atoms with Crippen molar-refractivity contribution in [1.29, 1.82) is 0 Å². The van der Waals surface area contributed by atoms with Crippen LogP contribution in [-0.4, -0.2) is 5.75 Å². The molecule has 0 saturated carbocycles. The fourth-order valence-electron chi connectivity index (χ4n) is 1.74. The lowest BCUT2D eigenvalue weighted by Gasteiger charge is -1.99. The van der Waals surface area contributed by atoms with Crippen LogP contribution in [0.2, 0.25) is 0 Å². The Hall–Kier alpha value is -1.61. The summed E-state index contributed by atoms with van der Waals surface area (Å²) in [6.07, 6.45) is 2.17. The van der Waals surface area contributed by atoms with Gasteiger partial charge in [-0.25, -0.2) is 0 Å². The number of rotatable bonds is 5. The molecule has 0 radical (unpaired) electrons. The molecule has 0 amide bonds. The molecule has 19 heavy (non-hydrogen) atoms. The van der Waals surface area contributed by atoms with Crippen molar-refractivity contribution < 1.29 is 0 Å². The largest absolute Gasteiger partial charge is 0.179 e. The van der Waals surface area contributed by atoms with Crippen LogP contribution in [0.4, 0.5) is 11.4 Å². The first-order valence-electron chi connectivity index (χ1n) is 6.46. The maximum Gasteiger partial charge on any atom is 0.0857 e. The van der Waals surface area contributed by atoms with Crippen LogP contribution in [0.1, 0.15) is 17.5 Å². The van der Waals surface area contributed by atoms with Gasteiger partial charge in [0.2, 0.25) is 0 Å². The number of benzene rings is 2. The van der Waals surface area contributed by atoms with Crippen molar-refractivity contribution in [2.75, 3.05) is 5.75 Å². The van der Waals surface area contributed by atoms with E-state index in [0.717, 1.165) is 30.0 Å². The number of thiol groups is 1. The molecule has 3 heteroatoms. The Morgan fingerprint density at radius 1 is 0.842 bits per heavy atom. The molecule has 2 rings (SSSR count). The molecular weight excluding hydrogens is 252 g/mol. The van der Waals surface area contributed by atoms with Crippen LogP contribution >= 0.6 is 12.6 Å². The fraction of sp³-hybridized carbons (Fsp3) is 0.250. The molecule has 0 fully saturated rings. The number of hydrogen-bond donors (Lipinski definition) is 1. The van der Waals surface area contributed by atoms with Crippen LogP contribution in [0.5, 0.6) is 0 Å². The van der Waals surface area contributed by atoms with E-state index in [-0.39, 0.29) is 0 Å². The number of azo groups is 1. The van der Waals surface area contributed by atoms with E-state index < -0.39 is 0 Å². The van der Waals surface area contributed by atoms with Crippen LogP contribution in [0, 0.1) is 6.92 Å². The lowest BCUT2D eigenvalue weighted by Crippen LogP contribution is -1.84. The standard InChI is InChI=1S/C16H18N2S/c1-13-4-8-15(9-5-13)17-18-16-10-6-14(7-11-16)3-2-12-19/h4-11,19H,2-3,12H2,1H3. The van der Waals surface area contributed by atoms with Crippen molar-refractivity contribution in [3.63, 3.8) is 0 Å². The molecule has 0 atom stereocenters. The number of nitrogens with zero attached hydrogens (tertiary/aromatic N) is 2. The summed E-state index contributed by atoms with van der Waals surface area (Å²) < 4.78 is 0. The van der Waals surface area contributed by atoms with E-state index in [4.69, 9.17) is 0 Å². The predicted molar refractivity (Wildman–Crippen MR) is 84.0 cm³/mol. The summed E-state index contributed by atoms with van der Waals surface area (Å²) in [5.74, 6) is 0.925. The van der Waals surface area contributed by atoms with Gasteiger partial charge in [0.05, 0.1) is 11.4 Å². The highest BCUT2D eigenvalue weighted by atomic mass is 32.1. The fourth-order valence-corrected chi connectivity index (χ4v) is 1.90. The number of aryl methyl sites for hydroxylation is 2. The second-order valence-corrected chi connectivity index (χ2v) is 4.98. The maximum atomic E-state index is 4.24. The third-order valence-corrected chi connectivity index (χ3v) is 3.19. The molecule has 0 unspecified atom stereocenters. The highest BCUT2D eigenvalue weighted by molar-refractivity contribution is 7.80. The molecule has 0 heterocycles. The Labute approximate surface area is 120 Å². The average Bonchev–Trinajstić information content (AvgIpc) is 2.46. The third kappa shape index (κ3) is 4.52. The van der Waals surface area contributed by atoms with Crippen molar-refractivity contribution in [2.24, 2.45) is 10.2 Å². The van der Waals surface area contributed by atoms with Crippen LogP contribution in [0.3, 0.4) is 0 Å². The molecular formula is C16H18N2S. The zero-order valence-corrected chi connectivity index (χ0v) is 12.0. The summed E-state index contributed by atoms with van der Waals surface area (Å²) in [5, 5.41) is 8.46. The molecule has 0 spiro atoms. The summed E-state index contributed by atoms with van der Waals surface area (Å²) in [7, 11) is 0. The molecule has 0 aliphatic rings. The van der Waals surface area contributed by atoms with Gasteiger partial charge in [0.15, 0.2) is 0 Å². The average molecular weight is 270 g/mol. The van der Waals surface area contributed by atoms with Gasteiger partial charge in [0, 0.05) is 0 Å². The van der Waals surface area contributed by atoms with Gasteiger partial charge in [-0.05, 0) is 55.3 Å². The molecule has 0 saturated heterocycles. The van der Waals surface area contributed by atoms with Gasteiger partial charge in [-0.2, -0.15) is 22.9 Å². The third-order valence-electron chi connectivity index (χ3n) is 2.87. The summed E-state index contributed by atoms with van der Waals surface area (Å²) in [5.41, 5.74) is 4.32. The second-order valence-electron chi connectivity index (χ2n) is 4.53. The first-order chi connectivity index (χ1) is 9.28. The SMILES string of the molecule is Cc1ccc(N=Nc2ccc(CCCS)cc2)cc1. The Bertz CT molecular complexity index is 530. The normalized spacial score (nSPS) is 11.1. The van der Waals surface area contributed by atoms with E-state index in [1.54, 1.807) is 0 Å². The van der Waals surface area contributed by atoms with Crippen LogP contribution < -0.4 is 0 Å². The zero-order valence-electron chi connectivity index (χ0n) is 11.1. The Morgan fingerprint density at radius 3 is 1.89 bits per heavy atom. The smallest absolute Gasteiger partial charge is 0.0857 e. The zero-order chi connectivity index (χ0) is 13.5. The van der Waals surface area contributed by atoms with Gasteiger partial charge in [0.1, 0.15) is 0 Å². The Morgan fingerprint density at radius 2 is 1.37 bits per heavy atom. The van der Waals surface area contributed by atoms with Crippen molar-refractivity contribution in [1.82, 2.24) is 0 Å². The molecule has 2 aromatic carbocycles. The Balaban J connectivity index is 2.00. The molecule has 2 nitrogen and oxygen atoms in total. The van der Waals surface area contributed by atoms with E-state index in [9.17, 15) is 0 Å². The van der Waals surface area contributed by atoms with E-state index in [2.05, 4.69) is 41.9 Å². The van der Waals surface area contributed by atoms with Crippen molar-refractivity contribution >= 4 is 24.0 Å². The molecule has 0 N–H and O–H groups in total. The van der Waals surface area contributed by atoms with E-state index in [0.29, 0.717) is 0 Å². The second kappa shape index (κ2) is 7.10. The van der Waals surface area contributed by atoms with Gasteiger partial charge in [0.25, 0.3) is 0 Å². The summed E-state index contributed by atoms with van der Waals surface area (Å²) in [6.45, 7) is 2.06. The monoisotopic (exact) mass is 270 g/mol. The maximum absolute atomic E-state index is 4.24. The molecule has 0 bridgehead atoms. The van der Waals surface area contributed by atoms with Gasteiger partial charge in [-0.15, -0.1) is 0 Å². The lowest BCUT2D eigenvalue weighted by molar-refractivity contribution is 0.936. The molecule has 0 aromatic heterocycles. The predicted octanol–water partition coefficient (Wildman–Crippen LogP) is 5.27. The molecule has 98 valence electrons. The Kier molecular flexibility index (Phi) is 5.16. The molecule has 0 aliphatic heterocycles. The van der Waals surface area contributed by atoms with E-state index in [1.807, 2.05) is 36.4 Å². The van der Waals surface area contributed by atoms with Gasteiger partial charge in [-0.3, -0.25) is 0 Å². The van der Waals surface area contributed by atoms with Gasteiger partial charge >= 0.3 is 0 Å². The number of hydrogen-bond acceptors (Lipinski definition) is 3. The van der Waals surface area contributed by atoms with Gasteiger partial charge in [-0.1, -0.05) is 29.8 Å². The molecule has 0 aliphatic carbocycles. The van der Waals surface area contributed by atoms with Crippen molar-refractivity contribution in [3.8, 4) is 0 Å². The minimum Gasteiger partial charge on any atom is -0.179 e. The van der Waals surface area contributed by atoms with Crippen LogP contribution in [-0.2, 0) is 6.42 Å². The lowest BCUT2D eigenvalue weighted by atomic mass is 10.1.